The average Bonchev–Trinajstić information content (AvgIpc) is 3.60. The molecule has 4 aliphatic heterocycles. The van der Waals surface area contributed by atoms with E-state index in [2.05, 4.69) is 27.4 Å². The topological polar surface area (TPSA) is 71.2 Å². The number of piperazine rings is 1. The van der Waals surface area contributed by atoms with Gasteiger partial charge in [-0.15, -0.1) is 0 Å². The van der Waals surface area contributed by atoms with Gasteiger partial charge in [0.15, 0.2) is 0 Å². The lowest BCUT2D eigenvalue weighted by molar-refractivity contribution is -0.124. The van der Waals surface area contributed by atoms with Crippen molar-refractivity contribution in [3.63, 3.8) is 0 Å². The third-order valence-electron chi connectivity index (χ3n) is 10.4. The number of amides is 3. The van der Waals surface area contributed by atoms with Crippen molar-refractivity contribution in [2.24, 2.45) is 11.8 Å². The number of halogens is 2. The van der Waals surface area contributed by atoms with Crippen molar-refractivity contribution in [3.8, 4) is 0 Å². The molecule has 6 fully saturated rings. The van der Waals surface area contributed by atoms with Crippen molar-refractivity contribution in [2.75, 3.05) is 46.3 Å². The first-order valence-electron chi connectivity index (χ1n) is 14.6. The lowest BCUT2D eigenvalue weighted by atomic mass is 9.77. The van der Waals surface area contributed by atoms with Gasteiger partial charge in [0.1, 0.15) is 12.3 Å². The molecule has 0 radical (unpaired) electrons. The first-order chi connectivity index (χ1) is 17.8. The Kier molecular flexibility index (Phi) is 7.11. The maximum atomic E-state index is 14.9. The summed E-state index contributed by atoms with van der Waals surface area (Å²) in [5.74, 6) is 0.212. The van der Waals surface area contributed by atoms with Crippen LogP contribution in [0.5, 0.6) is 0 Å². The number of hydrogen-bond donors (Lipinski definition) is 2. The summed E-state index contributed by atoms with van der Waals surface area (Å²) in [7, 11) is 1.88. The summed E-state index contributed by atoms with van der Waals surface area (Å²) >= 11 is 0. The van der Waals surface area contributed by atoms with Gasteiger partial charge in [0, 0.05) is 76.4 Å². The molecular weight excluding hydrogens is 478 g/mol. The zero-order chi connectivity index (χ0) is 25.8. The fraction of sp³-hybridized carbons (Fsp3) is 0.926. The molecule has 0 aromatic carbocycles. The van der Waals surface area contributed by atoms with Crippen LogP contribution in [0.1, 0.15) is 51.9 Å². The molecule has 6 aliphatic rings. The molecule has 0 aromatic rings. The molecular formula is C27H44F2N6O2. The Hall–Kier alpha value is -1.52. The van der Waals surface area contributed by atoms with Crippen LogP contribution in [0.25, 0.3) is 0 Å². The van der Waals surface area contributed by atoms with E-state index < -0.39 is 12.3 Å². The van der Waals surface area contributed by atoms with Gasteiger partial charge >= 0.3 is 6.03 Å². The minimum absolute atomic E-state index is 0.0682. The molecule has 10 heteroatoms. The van der Waals surface area contributed by atoms with Crippen LogP contribution in [-0.4, -0.2) is 126 Å². The number of likely N-dealkylation sites (tertiary alicyclic amines) is 1. The largest absolute Gasteiger partial charge is 0.352 e. The predicted octanol–water partition coefficient (Wildman–Crippen LogP) is 1.60. The number of fused-ring (bicyclic) bond motifs is 2. The van der Waals surface area contributed by atoms with E-state index in [4.69, 9.17) is 0 Å². The van der Waals surface area contributed by atoms with Gasteiger partial charge in [0.05, 0.1) is 12.1 Å². The van der Waals surface area contributed by atoms with E-state index in [0.717, 1.165) is 58.5 Å². The Morgan fingerprint density at radius 1 is 0.919 bits per heavy atom. The molecule has 8 unspecified atom stereocenters. The van der Waals surface area contributed by atoms with Crippen LogP contribution in [0.3, 0.4) is 0 Å². The highest BCUT2D eigenvalue weighted by Gasteiger charge is 2.47. The second kappa shape index (κ2) is 10.2. The number of urea groups is 1. The number of nitrogens with zero attached hydrogens (tertiary/aromatic N) is 4. The number of rotatable bonds is 4. The number of nitrogens with one attached hydrogen (secondary N) is 2. The minimum atomic E-state index is -0.916. The molecule has 10 atom stereocenters. The Balaban J connectivity index is 1.01. The van der Waals surface area contributed by atoms with E-state index in [9.17, 15) is 18.4 Å². The lowest BCUT2D eigenvalue weighted by Crippen LogP contribution is -2.56. The van der Waals surface area contributed by atoms with E-state index in [-0.39, 0.29) is 48.1 Å². The highest BCUT2D eigenvalue weighted by Crippen LogP contribution is 2.39. The first-order valence-corrected chi connectivity index (χ1v) is 14.6. The molecule has 2 saturated carbocycles. The van der Waals surface area contributed by atoms with Crippen molar-refractivity contribution in [2.45, 2.75) is 100 Å². The van der Waals surface area contributed by atoms with Gasteiger partial charge in [-0.2, -0.15) is 0 Å². The number of carbonyl (C=O) groups excluding carboxylic acids is 2. The summed E-state index contributed by atoms with van der Waals surface area (Å²) in [6.07, 6.45) is 2.99. The van der Waals surface area contributed by atoms with E-state index in [1.807, 2.05) is 16.8 Å². The molecule has 3 amide bonds. The fourth-order valence-corrected chi connectivity index (χ4v) is 8.37. The van der Waals surface area contributed by atoms with Gasteiger partial charge in [-0.25, -0.2) is 13.6 Å². The summed E-state index contributed by atoms with van der Waals surface area (Å²) in [6, 6.07) is 0.516. The molecule has 0 aromatic heterocycles. The molecule has 37 heavy (non-hydrogen) atoms. The summed E-state index contributed by atoms with van der Waals surface area (Å²) in [5, 5.41) is 6.56. The van der Waals surface area contributed by atoms with Gasteiger partial charge in [0.2, 0.25) is 5.91 Å². The van der Waals surface area contributed by atoms with Crippen molar-refractivity contribution >= 4 is 11.9 Å². The highest BCUT2D eigenvalue weighted by atomic mass is 19.1. The first kappa shape index (κ1) is 25.7. The van der Waals surface area contributed by atoms with E-state index >= 15 is 0 Å². The average molecular weight is 523 g/mol. The van der Waals surface area contributed by atoms with Crippen LogP contribution in [-0.2, 0) is 4.79 Å². The Morgan fingerprint density at radius 2 is 1.70 bits per heavy atom. The van der Waals surface area contributed by atoms with Gasteiger partial charge in [0.25, 0.3) is 0 Å². The number of hydrogen-bond acceptors (Lipinski definition) is 5. The van der Waals surface area contributed by atoms with Gasteiger partial charge in [-0.1, -0.05) is 6.92 Å². The minimum Gasteiger partial charge on any atom is -0.352 e. The quantitative estimate of drug-likeness (QED) is 0.587. The lowest BCUT2D eigenvalue weighted by Gasteiger charge is -2.41. The molecule has 4 saturated heterocycles. The number of carbonyl (C=O) groups is 2. The van der Waals surface area contributed by atoms with Crippen LogP contribution < -0.4 is 10.6 Å². The SMILES string of the molecule is CC1CCC(F)C2CC(C(=O)NC3CC(F)CC(N4CC[C@@H](N5CCN6C(=O)N(C)C[C@@H]6C5)C4)C3)NC12. The monoisotopic (exact) mass is 522 g/mol. The maximum absolute atomic E-state index is 14.9. The van der Waals surface area contributed by atoms with Crippen LogP contribution >= 0.6 is 0 Å². The fourth-order valence-electron chi connectivity index (χ4n) is 8.37. The van der Waals surface area contributed by atoms with Crippen molar-refractivity contribution in [3.05, 3.63) is 0 Å². The summed E-state index contributed by atoms with van der Waals surface area (Å²) < 4.78 is 29.4. The van der Waals surface area contributed by atoms with Gasteiger partial charge in [-0.05, 0) is 50.9 Å². The van der Waals surface area contributed by atoms with E-state index in [1.54, 1.807) is 0 Å². The van der Waals surface area contributed by atoms with Crippen molar-refractivity contribution < 1.29 is 18.4 Å². The molecule has 4 heterocycles. The number of alkyl halides is 2. The second-order valence-electron chi connectivity index (χ2n) is 12.8. The Bertz CT molecular complexity index is 862. The second-order valence-corrected chi connectivity index (χ2v) is 12.8. The zero-order valence-electron chi connectivity index (χ0n) is 22.3. The standard InChI is InChI=1S/C27H44F2N6O2/c1-16-3-4-23(29)22-12-24(31-25(16)22)26(36)30-18-9-17(28)10-20(11-18)33-6-5-19(14-33)34-7-8-35-21(15-34)13-32(2)27(35)37/h16-25,31H,3-15H2,1-2H3,(H,30,36)/t16?,17?,18?,19-,20?,21-,22?,23?,24?,25?/m1/s1. The van der Waals surface area contributed by atoms with Crippen LogP contribution in [0.4, 0.5) is 13.6 Å². The summed E-state index contributed by atoms with van der Waals surface area (Å²) in [4.78, 5) is 34.2. The molecule has 8 nitrogen and oxygen atoms in total. The van der Waals surface area contributed by atoms with Gasteiger partial charge in [-0.3, -0.25) is 14.6 Å². The molecule has 208 valence electrons. The molecule has 2 aliphatic carbocycles. The third kappa shape index (κ3) is 4.98. The predicted molar refractivity (Wildman–Crippen MR) is 137 cm³/mol. The highest BCUT2D eigenvalue weighted by molar-refractivity contribution is 5.82. The zero-order valence-corrected chi connectivity index (χ0v) is 22.3. The third-order valence-corrected chi connectivity index (χ3v) is 10.4. The molecule has 6 rings (SSSR count). The van der Waals surface area contributed by atoms with E-state index in [0.29, 0.717) is 37.6 Å². The smallest absolute Gasteiger partial charge is 0.320 e. The van der Waals surface area contributed by atoms with Crippen LogP contribution in [0, 0.1) is 11.8 Å². The number of likely N-dealkylation sites (N-methyl/N-ethyl adjacent to an activating group) is 1. The van der Waals surface area contributed by atoms with Crippen LogP contribution in [0.15, 0.2) is 0 Å². The molecule has 0 spiro atoms. The summed E-state index contributed by atoms with van der Waals surface area (Å²) in [6.45, 7) is 7.42. The Morgan fingerprint density at radius 3 is 2.51 bits per heavy atom. The maximum Gasteiger partial charge on any atom is 0.320 e. The molecule has 2 N–H and O–H groups in total. The normalized spacial score (nSPS) is 45.2. The van der Waals surface area contributed by atoms with Gasteiger partial charge < -0.3 is 20.4 Å². The Labute approximate surface area is 219 Å². The van der Waals surface area contributed by atoms with E-state index in [1.165, 1.54) is 0 Å². The molecule has 0 bridgehead atoms. The van der Waals surface area contributed by atoms with Crippen LogP contribution in [0.2, 0.25) is 0 Å². The van der Waals surface area contributed by atoms with Crippen molar-refractivity contribution in [1.29, 1.82) is 0 Å². The van der Waals surface area contributed by atoms with Crippen molar-refractivity contribution in [1.82, 2.24) is 30.2 Å². The summed E-state index contributed by atoms with van der Waals surface area (Å²) in [5.41, 5.74) is 0.